The highest BCUT2D eigenvalue weighted by Crippen LogP contribution is 2.22. The van der Waals surface area contributed by atoms with Crippen molar-refractivity contribution in [2.24, 2.45) is 0 Å². The van der Waals surface area contributed by atoms with Gasteiger partial charge in [-0.05, 0) is 24.3 Å². The van der Waals surface area contributed by atoms with Gasteiger partial charge in [0.2, 0.25) is 0 Å². The Morgan fingerprint density at radius 2 is 1.31 bits per heavy atom. The summed E-state index contributed by atoms with van der Waals surface area (Å²) < 4.78 is 5.69. The first-order chi connectivity index (χ1) is 7.72. The van der Waals surface area contributed by atoms with Crippen molar-refractivity contribution in [2.75, 3.05) is 11.5 Å². The van der Waals surface area contributed by atoms with Gasteiger partial charge in [-0.1, -0.05) is 0 Å². The molecule has 4 heteroatoms. The van der Waals surface area contributed by atoms with Crippen LogP contribution in [0.2, 0.25) is 0 Å². The minimum absolute atomic E-state index is 0.654. The molecule has 0 bridgehead atoms. The van der Waals surface area contributed by atoms with Gasteiger partial charge in [-0.3, -0.25) is 0 Å². The van der Waals surface area contributed by atoms with E-state index in [-0.39, 0.29) is 0 Å². The lowest BCUT2D eigenvalue weighted by molar-refractivity contribution is 0.657. The van der Waals surface area contributed by atoms with E-state index in [0.29, 0.717) is 22.5 Å². The Hall–Kier alpha value is -2.36. The van der Waals surface area contributed by atoms with Gasteiger partial charge in [0.05, 0.1) is 12.1 Å². The molecule has 78 valence electrons. The molecule has 4 nitrogen and oxygen atoms in total. The minimum Gasteiger partial charge on any atom is -0.398 e. The van der Waals surface area contributed by atoms with E-state index >= 15 is 0 Å². The summed E-state index contributed by atoms with van der Waals surface area (Å²) in [6.07, 6.45) is 0. The van der Waals surface area contributed by atoms with Crippen molar-refractivity contribution < 1.29 is 4.42 Å². The molecule has 0 radical (unpaired) electrons. The predicted octanol–water partition coefficient (Wildman–Crippen LogP) is 2.43. The lowest BCUT2D eigenvalue weighted by Gasteiger charge is -1.94. The van der Waals surface area contributed by atoms with E-state index < -0.39 is 0 Å². The van der Waals surface area contributed by atoms with E-state index in [4.69, 9.17) is 15.9 Å². The molecule has 1 aromatic heterocycles. The highest BCUT2D eigenvalue weighted by molar-refractivity contribution is 5.85. The van der Waals surface area contributed by atoms with Crippen molar-refractivity contribution in [1.82, 2.24) is 4.98 Å². The zero-order chi connectivity index (χ0) is 11.1. The van der Waals surface area contributed by atoms with E-state index in [0.717, 1.165) is 11.0 Å². The summed E-state index contributed by atoms with van der Waals surface area (Å²) in [5.74, 6) is 0. The standard InChI is InChI=1S/C12H10N3O/c13-7-1-3-9-11(5-7)16-12-6-8(14)2-4-10(12)15-9/h1-6H,13-14H2/q+1. The summed E-state index contributed by atoms with van der Waals surface area (Å²) in [4.78, 5) is 4.46. The van der Waals surface area contributed by atoms with E-state index in [1.165, 1.54) is 0 Å². The first kappa shape index (κ1) is 8.91. The van der Waals surface area contributed by atoms with Gasteiger partial charge in [0, 0.05) is 11.4 Å². The molecule has 3 aromatic rings. The Morgan fingerprint density at radius 1 is 0.812 bits per heavy atom. The summed E-state index contributed by atoms with van der Waals surface area (Å²) in [5.41, 5.74) is 15.6. The molecule has 0 aliphatic heterocycles. The zero-order valence-corrected chi connectivity index (χ0v) is 8.47. The number of fused-ring (bicyclic) bond motifs is 2. The molecule has 4 N–H and O–H groups in total. The highest BCUT2D eigenvalue weighted by Gasteiger charge is 2.13. The second kappa shape index (κ2) is 3.06. The predicted molar refractivity (Wildman–Crippen MR) is 64.7 cm³/mol. The van der Waals surface area contributed by atoms with Gasteiger partial charge in [-0.2, -0.15) is 0 Å². The van der Waals surface area contributed by atoms with E-state index in [9.17, 15) is 0 Å². The Morgan fingerprint density at radius 3 is 1.81 bits per heavy atom. The molecule has 0 aliphatic rings. The Labute approximate surface area is 91.5 Å². The van der Waals surface area contributed by atoms with Crippen LogP contribution >= 0.6 is 0 Å². The number of nitrogens with two attached hydrogens (primary N) is 2. The molecule has 16 heavy (non-hydrogen) atoms. The fourth-order valence-corrected chi connectivity index (χ4v) is 1.66. The summed E-state index contributed by atoms with van der Waals surface area (Å²) in [5, 5.41) is 0. The minimum atomic E-state index is 0.654. The van der Waals surface area contributed by atoms with Crippen molar-refractivity contribution in [2.45, 2.75) is 0 Å². The molecule has 0 atom stereocenters. The molecular weight excluding hydrogens is 202 g/mol. The number of hydrogen-bond acceptors (Lipinski definition) is 3. The zero-order valence-electron chi connectivity index (χ0n) is 8.47. The van der Waals surface area contributed by atoms with Crippen molar-refractivity contribution in [3.05, 3.63) is 36.4 Å². The van der Waals surface area contributed by atoms with E-state index in [2.05, 4.69) is 4.98 Å². The quantitative estimate of drug-likeness (QED) is 0.341. The Balaban J connectivity index is 2.44. The van der Waals surface area contributed by atoms with Crippen LogP contribution in [0.3, 0.4) is 0 Å². The SMILES string of the molecule is Nc1ccc2nc3ccc(N)cc3[o+]c2c1. The summed E-state index contributed by atoms with van der Waals surface area (Å²) in [6, 6.07) is 10.8. The summed E-state index contributed by atoms with van der Waals surface area (Å²) >= 11 is 0. The third kappa shape index (κ3) is 1.32. The highest BCUT2D eigenvalue weighted by atomic mass is 16.3. The van der Waals surface area contributed by atoms with Crippen LogP contribution < -0.4 is 11.5 Å². The maximum Gasteiger partial charge on any atom is 0.381 e. The van der Waals surface area contributed by atoms with Crippen LogP contribution in [0, 0.1) is 0 Å². The van der Waals surface area contributed by atoms with Gasteiger partial charge >= 0.3 is 11.2 Å². The third-order valence-corrected chi connectivity index (χ3v) is 2.43. The molecule has 0 fully saturated rings. The fraction of sp³-hybridized carbons (Fsp3) is 0. The number of nitrogen functional groups attached to an aromatic ring is 2. The molecular formula is C12H10N3O+. The van der Waals surface area contributed by atoms with Gasteiger partial charge in [0.1, 0.15) is 0 Å². The fourth-order valence-electron chi connectivity index (χ4n) is 1.66. The number of aromatic nitrogens is 1. The molecule has 3 rings (SSSR count). The van der Waals surface area contributed by atoms with Gasteiger partial charge in [-0.25, -0.2) is 9.40 Å². The molecule has 1 heterocycles. The number of anilines is 2. The lowest BCUT2D eigenvalue weighted by Crippen LogP contribution is -1.88. The average molecular weight is 212 g/mol. The average Bonchev–Trinajstić information content (AvgIpc) is 2.26. The topological polar surface area (TPSA) is 76.2 Å². The van der Waals surface area contributed by atoms with Crippen LogP contribution in [0.5, 0.6) is 0 Å². The lowest BCUT2D eigenvalue weighted by atomic mass is 10.2. The normalized spacial score (nSPS) is 11.0. The molecule has 2 aromatic carbocycles. The van der Waals surface area contributed by atoms with Gasteiger partial charge in [-0.15, -0.1) is 0 Å². The van der Waals surface area contributed by atoms with Crippen molar-refractivity contribution in [3.63, 3.8) is 0 Å². The van der Waals surface area contributed by atoms with Crippen LogP contribution in [-0.2, 0) is 0 Å². The number of hydrogen-bond donors (Lipinski definition) is 2. The first-order valence-electron chi connectivity index (χ1n) is 4.91. The molecule has 0 saturated heterocycles. The second-order valence-electron chi connectivity index (χ2n) is 3.67. The summed E-state index contributed by atoms with van der Waals surface area (Å²) in [7, 11) is 0. The first-order valence-corrected chi connectivity index (χ1v) is 4.91. The van der Waals surface area contributed by atoms with Gasteiger partial charge in [0.25, 0.3) is 0 Å². The number of benzene rings is 2. The van der Waals surface area contributed by atoms with Gasteiger partial charge < -0.3 is 11.5 Å². The van der Waals surface area contributed by atoms with Crippen molar-refractivity contribution in [1.29, 1.82) is 0 Å². The molecule has 0 saturated carbocycles. The molecule has 0 unspecified atom stereocenters. The maximum atomic E-state index is 5.69. The van der Waals surface area contributed by atoms with Crippen LogP contribution in [0.4, 0.5) is 11.4 Å². The van der Waals surface area contributed by atoms with E-state index in [1.807, 2.05) is 12.1 Å². The number of rotatable bonds is 0. The van der Waals surface area contributed by atoms with Crippen LogP contribution in [-0.4, -0.2) is 4.98 Å². The largest absolute Gasteiger partial charge is 0.398 e. The van der Waals surface area contributed by atoms with Crippen LogP contribution in [0.15, 0.2) is 40.8 Å². The van der Waals surface area contributed by atoms with Crippen LogP contribution in [0.25, 0.3) is 22.2 Å². The Kier molecular flexibility index (Phi) is 1.71. The second-order valence-corrected chi connectivity index (χ2v) is 3.67. The third-order valence-electron chi connectivity index (χ3n) is 2.43. The molecule has 0 spiro atoms. The van der Waals surface area contributed by atoms with E-state index in [1.54, 1.807) is 24.3 Å². The Bertz CT molecular complexity index is 637. The van der Waals surface area contributed by atoms with Crippen molar-refractivity contribution >= 4 is 33.6 Å². The molecule has 0 amide bonds. The number of nitrogens with zero attached hydrogens (tertiary/aromatic N) is 1. The smallest absolute Gasteiger partial charge is 0.381 e. The monoisotopic (exact) mass is 212 g/mol. The van der Waals surface area contributed by atoms with Crippen LogP contribution in [0.1, 0.15) is 0 Å². The van der Waals surface area contributed by atoms with Crippen molar-refractivity contribution in [3.8, 4) is 0 Å². The maximum absolute atomic E-state index is 5.69. The summed E-state index contributed by atoms with van der Waals surface area (Å²) in [6.45, 7) is 0. The molecule has 0 aliphatic carbocycles. The van der Waals surface area contributed by atoms with Gasteiger partial charge in [0.15, 0.2) is 11.0 Å².